The van der Waals surface area contributed by atoms with Gasteiger partial charge in [-0.2, -0.15) is 0 Å². The van der Waals surface area contributed by atoms with E-state index in [4.69, 9.17) is 44.9 Å². The van der Waals surface area contributed by atoms with Crippen molar-refractivity contribution in [2.24, 2.45) is 0 Å². The Morgan fingerprint density at radius 2 is 0.788 bits per heavy atom. The van der Waals surface area contributed by atoms with Gasteiger partial charge in [0.25, 0.3) is 6.47 Å². The normalized spacial score (nSPS) is 2.09. The summed E-state index contributed by atoms with van der Waals surface area (Å²) in [6.45, 7) is 0.819. The molecule has 0 spiro atoms. The molecule has 172 valence electrons. The van der Waals surface area contributed by atoms with Gasteiger partial charge in [-0.05, 0) is 6.16 Å². The number of hydrogen-bond donors (Lipinski definition) is 2. The van der Waals surface area contributed by atoms with Crippen LogP contribution in [0.4, 0.5) is 4.79 Å². The van der Waals surface area contributed by atoms with Crippen LogP contribution < -0.4 is 138 Å². The van der Waals surface area contributed by atoms with Crippen LogP contribution in [0.1, 0.15) is 8.85 Å². The largest absolute Gasteiger partial charge is 2.00 e. The Bertz CT molecular complexity index is 191. The fourth-order valence-electron chi connectivity index (χ4n) is 0. The van der Waals surface area contributed by atoms with Crippen LogP contribution in [0.25, 0.3) is 0 Å². The average molecular weight is 765 g/mol. The fraction of sp³-hybridized carbons (Fsp3) is 0.200. The van der Waals surface area contributed by atoms with Crippen molar-refractivity contribution in [3.8, 4) is 0 Å². The monoisotopic (exact) mass is 763 g/mol. The molecule has 28 heteroatoms. The van der Waals surface area contributed by atoms with Crippen molar-refractivity contribution in [3.05, 3.63) is 0 Å². The molecule has 0 unspecified atom stereocenters. The van der Waals surface area contributed by atoms with Crippen molar-refractivity contribution in [2.75, 3.05) is 0 Å². The van der Waals surface area contributed by atoms with Gasteiger partial charge in [-0.1, -0.05) is 20.4 Å². The van der Waals surface area contributed by atoms with Crippen LogP contribution in [0.15, 0.2) is 0 Å². The maximum atomic E-state index is 8.64. The van der Waals surface area contributed by atoms with Gasteiger partial charge in [0.2, 0.25) is 0 Å². The third-order valence-corrected chi connectivity index (χ3v) is 0.0393. The maximum absolute atomic E-state index is 8.64. The van der Waals surface area contributed by atoms with Crippen LogP contribution in [-0.4, -0.2) is 279 Å². The first-order valence-electron chi connectivity index (χ1n) is 2.11. The number of aliphatic hydroxyl groups excluding tert-OH is 2. The molecular weight excluding hydrogens is 753 g/mol. The molecule has 33 heavy (non-hydrogen) atoms. The molecular formula is C5H12Ca6Cl4F3Na2O13+. The number of carbonyl (C=O) groups is 2. The molecule has 0 saturated heterocycles. The summed E-state index contributed by atoms with van der Waals surface area (Å²) >= 11 is 0. The summed E-state index contributed by atoms with van der Waals surface area (Å²) in [6.07, 6.45) is -2.33. The van der Waals surface area contributed by atoms with Gasteiger partial charge >= 0.3 is 287 Å². The van der Waals surface area contributed by atoms with Gasteiger partial charge in [-0.15, -0.1) is 0 Å². The second-order valence-electron chi connectivity index (χ2n) is 0.625. The average Bonchev–Trinajstić information content (AvgIpc) is 2.06. The molecule has 6 N–H and O–H groups in total. The number of hydrogen-bond acceptors (Lipinski definition) is 10. The van der Waals surface area contributed by atoms with Crippen molar-refractivity contribution in [2.45, 2.75) is 7.43 Å². The van der Waals surface area contributed by atoms with E-state index in [2.05, 4.69) is 4.89 Å². The molecule has 0 bridgehead atoms. The third-order valence-electron chi connectivity index (χ3n) is 0.0393. The molecule has 0 aromatic carbocycles. The van der Waals surface area contributed by atoms with Crippen molar-refractivity contribution in [3.63, 3.8) is 0 Å². The fourth-order valence-corrected chi connectivity index (χ4v) is 0. The summed E-state index contributed by atoms with van der Waals surface area (Å²) < 4.78 is 0. The van der Waals surface area contributed by atoms with Crippen LogP contribution in [0.2, 0.25) is 0 Å². The van der Waals surface area contributed by atoms with E-state index in [1.54, 1.807) is 0 Å². The minimum atomic E-state index is -2.33. The first kappa shape index (κ1) is 202. The molecule has 0 aliphatic rings. The van der Waals surface area contributed by atoms with Crippen molar-refractivity contribution >= 4 is 252 Å². The molecule has 0 aliphatic heterocycles. The SMILES string of the molecule is C.O.O=C([O-])[O-].O=CO[O-].O=[C-]O.O=[C-]O.[Ca+2].[Ca+2].[Ca+2].[Ca+2].[Ca+2].[Ca+2].[Cl-].[Cl-].[Cl-].[Cl-].[F-].[F-].[F-].[H+].[Na+].[Na+].[OH-].[OH-]. The van der Waals surface area contributed by atoms with Crippen molar-refractivity contribution < 1.29 is 190 Å². The summed E-state index contributed by atoms with van der Waals surface area (Å²) in [5.41, 5.74) is 0. The number of carbonyl (C=O) groups excluding carboxylic acids is 2. The van der Waals surface area contributed by atoms with E-state index in [1.807, 2.05) is 0 Å². The zero-order chi connectivity index (χ0) is 12.4. The van der Waals surface area contributed by atoms with Gasteiger partial charge in [0.15, 0.2) is 0 Å². The van der Waals surface area contributed by atoms with Gasteiger partial charge in [0.05, 0.1) is 0 Å². The van der Waals surface area contributed by atoms with E-state index >= 15 is 0 Å². The van der Waals surface area contributed by atoms with Crippen LogP contribution in [0, 0.1) is 0 Å². The Hall–Kier alpha value is 8.03. The van der Waals surface area contributed by atoms with Crippen LogP contribution >= 0.6 is 0 Å². The van der Waals surface area contributed by atoms with Crippen molar-refractivity contribution in [1.29, 1.82) is 0 Å². The van der Waals surface area contributed by atoms with Crippen LogP contribution in [0.5, 0.6) is 0 Å². The molecule has 0 heterocycles. The summed E-state index contributed by atoms with van der Waals surface area (Å²) in [5, 5.41) is 38.6. The van der Waals surface area contributed by atoms with E-state index < -0.39 is 6.16 Å². The molecule has 0 aromatic heterocycles. The van der Waals surface area contributed by atoms with Gasteiger partial charge in [0.1, 0.15) is 0 Å². The quantitative estimate of drug-likeness (QED) is 0.0828. The van der Waals surface area contributed by atoms with Crippen molar-refractivity contribution in [1.82, 2.24) is 0 Å². The molecule has 0 saturated carbocycles. The first-order valence-corrected chi connectivity index (χ1v) is 2.11. The topological polar surface area (TPSA) is 279 Å². The van der Waals surface area contributed by atoms with Crippen LogP contribution in [0.3, 0.4) is 0 Å². The Labute approximate surface area is 438 Å². The zero-order valence-corrected chi connectivity index (χ0v) is 36.8. The minimum absolute atomic E-state index is 0. The summed E-state index contributed by atoms with van der Waals surface area (Å²) in [7, 11) is 0. The van der Waals surface area contributed by atoms with E-state index in [9.17, 15) is 0 Å². The summed E-state index contributed by atoms with van der Waals surface area (Å²) in [5.74, 6) is 0. The molecule has 0 aliphatic carbocycles. The minimum Gasteiger partial charge on any atom is -1.00 e. The molecule has 0 fully saturated rings. The predicted octanol–water partition coefficient (Wildman–Crippen LogP) is -34.5. The molecule has 0 amide bonds. The van der Waals surface area contributed by atoms with Crippen LogP contribution in [-0.2, 0) is 19.3 Å². The molecule has 0 atom stereocenters. The van der Waals surface area contributed by atoms with Gasteiger partial charge in [-0.3, -0.25) is 4.79 Å². The molecule has 0 aromatic rings. The first-order chi connectivity index (χ1) is 6.47. The Balaban J connectivity index is -0.00000000150. The number of carboxylic acid groups (broad SMARTS) is 2. The predicted molar refractivity (Wildman–Crippen MR) is 79.0 cm³/mol. The number of halogens is 7. The standard InChI is InChI=1S/2CH2O3.2CHO2.CH4.6Ca.4ClH.3FH.2Na.3H2O/c2-1-4-3;2-1(3)4;2*2-1-3;;;;;;;;;;;;;;;;;;;/h1,3H;(H2,2,3,4);2*(H,2,3);1H4;;;;;;;7*1H;;;3*1H2/q;;2*-1;;6*+2;;;;;;;;2*+1;;;/p-11. The van der Waals surface area contributed by atoms with E-state index in [0.717, 1.165) is 0 Å². The molecule has 0 radical (unpaired) electrons. The molecule has 0 rings (SSSR count). The summed E-state index contributed by atoms with van der Waals surface area (Å²) in [6, 6.07) is 0. The number of rotatable bonds is 1. The Kier molecular flexibility index (Phi) is 1650. The van der Waals surface area contributed by atoms with E-state index in [1.165, 1.54) is 0 Å². The second-order valence-corrected chi connectivity index (χ2v) is 0.625. The second kappa shape index (κ2) is 270. The van der Waals surface area contributed by atoms with Gasteiger partial charge in [-0.25, -0.2) is 0 Å². The maximum Gasteiger partial charge on any atom is 2.00 e. The van der Waals surface area contributed by atoms with Gasteiger partial charge < -0.3 is 125 Å². The van der Waals surface area contributed by atoms with E-state index in [0.29, 0.717) is 12.9 Å². The molecule has 13 nitrogen and oxygen atoms in total. The van der Waals surface area contributed by atoms with Gasteiger partial charge in [0, 0.05) is 0 Å². The Morgan fingerprint density at radius 1 is 0.758 bits per heavy atom. The Morgan fingerprint density at radius 3 is 0.788 bits per heavy atom. The third kappa shape index (κ3) is 710. The summed E-state index contributed by atoms with van der Waals surface area (Å²) in [4.78, 5) is 36.1. The zero-order valence-electron chi connectivity index (χ0n) is 17.5. The smallest absolute Gasteiger partial charge is 1.00 e. The van der Waals surface area contributed by atoms with E-state index in [-0.39, 0.29) is 381 Å².